The molecule has 136 valence electrons. The zero-order valence-electron chi connectivity index (χ0n) is 15.2. The van der Waals surface area contributed by atoms with E-state index in [1.807, 2.05) is 19.9 Å². The molecule has 0 amide bonds. The third-order valence-corrected chi connectivity index (χ3v) is 7.59. The van der Waals surface area contributed by atoms with Gasteiger partial charge in [-0.2, -0.15) is 0 Å². The number of nitrogens with zero attached hydrogens (tertiary/aromatic N) is 2. The van der Waals surface area contributed by atoms with Crippen molar-refractivity contribution < 1.29 is 4.42 Å². The monoisotopic (exact) mass is 394 g/mol. The highest BCUT2D eigenvalue weighted by atomic mass is 32.2. The molecule has 3 aromatic heterocycles. The Bertz CT molecular complexity index is 1260. The van der Waals surface area contributed by atoms with E-state index in [4.69, 9.17) is 4.42 Å². The summed E-state index contributed by atoms with van der Waals surface area (Å²) in [7, 11) is 0. The molecule has 0 fully saturated rings. The highest BCUT2D eigenvalue weighted by Crippen LogP contribution is 2.41. The van der Waals surface area contributed by atoms with Crippen LogP contribution in [0.25, 0.3) is 21.2 Å². The fourth-order valence-electron chi connectivity index (χ4n) is 3.80. The Hall–Kier alpha value is -2.18. The minimum Gasteiger partial charge on any atom is -0.422 e. The van der Waals surface area contributed by atoms with Crippen molar-refractivity contribution in [2.75, 3.05) is 0 Å². The lowest BCUT2D eigenvalue weighted by Crippen LogP contribution is -2.01. The van der Waals surface area contributed by atoms with Gasteiger partial charge in [0.25, 0.3) is 0 Å². The van der Waals surface area contributed by atoms with Crippen LogP contribution >= 0.6 is 23.1 Å². The number of benzene rings is 1. The average Bonchev–Trinajstić information content (AvgIpc) is 3.24. The van der Waals surface area contributed by atoms with Crippen LogP contribution in [0.3, 0.4) is 0 Å². The van der Waals surface area contributed by atoms with Gasteiger partial charge in [0, 0.05) is 27.5 Å². The minimum atomic E-state index is -0.295. The number of fused-ring (bicyclic) bond motifs is 4. The van der Waals surface area contributed by atoms with Crippen LogP contribution in [0.15, 0.2) is 38.8 Å². The molecule has 0 N–H and O–H groups in total. The molecule has 1 aromatic carbocycles. The van der Waals surface area contributed by atoms with E-state index in [9.17, 15) is 4.79 Å². The Kier molecular flexibility index (Phi) is 4.06. The van der Waals surface area contributed by atoms with E-state index in [1.54, 1.807) is 35.5 Å². The minimum absolute atomic E-state index is 0.295. The second-order valence-electron chi connectivity index (χ2n) is 6.98. The summed E-state index contributed by atoms with van der Waals surface area (Å²) in [6.45, 7) is 4.03. The SMILES string of the molecule is Cc1ccc2c(CSc3ncnc4sc5c(c34)CCC5)cc(=O)oc2c1C. The molecule has 0 unspecified atom stereocenters. The fraction of sp³-hybridized carbons (Fsp3) is 0.286. The first-order chi connectivity index (χ1) is 13.1. The molecule has 0 spiro atoms. The Labute approximate surface area is 164 Å². The number of hydrogen-bond acceptors (Lipinski definition) is 6. The Morgan fingerprint density at radius 3 is 3.00 bits per heavy atom. The van der Waals surface area contributed by atoms with Crippen molar-refractivity contribution in [3.05, 3.63) is 62.1 Å². The summed E-state index contributed by atoms with van der Waals surface area (Å²) in [6.07, 6.45) is 5.15. The molecule has 1 aliphatic rings. The number of thiophene rings is 1. The normalized spacial score (nSPS) is 13.6. The van der Waals surface area contributed by atoms with Gasteiger partial charge in [-0.25, -0.2) is 14.8 Å². The Balaban J connectivity index is 1.57. The fourth-order valence-corrected chi connectivity index (χ4v) is 6.11. The van der Waals surface area contributed by atoms with Gasteiger partial charge >= 0.3 is 5.63 Å². The summed E-state index contributed by atoms with van der Waals surface area (Å²) in [6, 6.07) is 5.75. The molecule has 4 aromatic rings. The molecule has 27 heavy (non-hydrogen) atoms. The van der Waals surface area contributed by atoms with Crippen molar-refractivity contribution in [3.8, 4) is 0 Å². The second kappa shape index (κ2) is 6.46. The first kappa shape index (κ1) is 17.0. The van der Waals surface area contributed by atoms with Crippen molar-refractivity contribution in [2.24, 2.45) is 0 Å². The standard InChI is InChI=1S/C21H18N2O2S2/c1-11-6-7-14-13(8-17(24)25-19(14)12(11)2)9-26-20-18-15-4-3-5-16(15)27-21(18)23-10-22-20/h6-8,10H,3-5,9H2,1-2H3. The van der Waals surface area contributed by atoms with Gasteiger partial charge in [0.05, 0.1) is 0 Å². The molecule has 0 radical (unpaired) electrons. The molecule has 3 heterocycles. The summed E-state index contributed by atoms with van der Waals surface area (Å²) in [5.41, 5.74) is 4.98. The van der Waals surface area contributed by atoms with Crippen LogP contribution in [0.2, 0.25) is 0 Å². The lowest BCUT2D eigenvalue weighted by molar-refractivity contribution is 0.557. The molecule has 5 rings (SSSR count). The number of hydrogen-bond donors (Lipinski definition) is 0. The van der Waals surface area contributed by atoms with Crippen molar-refractivity contribution in [1.82, 2.24) is 9.97 Å². The van der Waals surface area contributed by atoms with Gasteiger partial charge in [-0.15, -0.1) is 23.1 Å². The lowest BCUT2D eigenvalue weighted by atomic mass is 10.0. The highest BCUT2D eigenvalue weighted by molar-refractivity contribution is 7.98. The molecule has 0 saturated heterocycles. The summed E-state index contributed by atoms with van der Waals surface area (Å²) in [4.78, 5) is 23.7. The van der Waals surface area contributed by atoms with Gasteiger partial charge in [-0.1, -0.05) is 12.1 Å². The van der Waals surface area contributed by atoms with Crippen LogP contribution in [0.5, 0.6) is 0 Å². The number of thioether (sulfide) groups is 1. The van der Waals surface area contributed by atoms with Gasteiger partial charge in [0.15, 0.2) is 0 Å². The van der Waals surface area contributed by atoms with Crippen molar-refractivity contribution in [2.45, 2.75) is 43.9 Å². The van der Waals surface area contributed by atoms with Crippen LogP contribution in [0.1, 0.15) is 33.6 Å². The maximum atomic E-state index is 12.1. The van der Waals surface area contributed by atoms with Crippen molar-refractivity contribution in [1.29, 1.82) is 0 Å². The van der Waals surface area contributed by atoms with Crippen LogP contribution in [-0.2, 0) is 18.6 Å². The molecule has 0 atom stereocenters. The molecule has 0 saturated carbocycles. The number of aryl methyl sites for hydroxylation is 4. The molecule has 0 aliphatic heterocycles. The quantitative estimate of drug-likeness (QED) is 0.272. The smallest absolute Gasteiger partial charge is 0.336 e. The van der Waals surface area contributed by atoms with Crippen LogP contribution < -0.4 is 5.63 Å². The zero-order valence-corrected chi connectivity index (χ0v) is 16.8. The van der Waals surface area contributed by atoms with Gasteiger partial charge in [0.2, 0.25) is 0 Å². The molecule has 4 nitrogen and oxygen atoms in total. The predicted molar refractivity (Wildman–Crippen MR) is 111 cm³/mol. The average molecular weight is 395 g/mol. The molecule has 6 heteroatoms. The molecule has 1 aliphatic carbocycles. The third-order valence-electron chi connectivity index (χ3n) is 5.35. The Morgan fingerprint density at radius 1 is 1.22 bits per heavy atom. The van der Waals surface area contributed by atoms with E-state index in [0.29, 0.717) is 11.3 Å². The van der Waals surface area contributed by atoms with E-state index in [0.717, 1.165) is 44.8 Å². The first-order valence-electron chi connectivity index (χ1n) is 9.03. The summed E-state index contributed by atoms with van der Waals surface area (Å²) >= 11 is 3.48. The van der Waals surface area contributed by atoms with Crippen LogP contribution in [-0.4, -0.2) is 9.97 Å². The third kappa shape index (κ3) is 2.78. The molecule has 0 bridgehead atoms. The van der Waals surface area contributed by atoms with Crippen molar-refractivity contribution >= 4 is 44.3 Å². The topological polar surface area (TPSA) is 56.0 Å². The number of aromatic nitrogens is 2. The van der Waals surface area contributed by atoms with E-state index in [2.05, 4.69) is 16.0 Å². The predicted octanol–water partition coefficient (Wildman–Crippen LogP) is 5.20. The second-order valence-corrected chi connectivity index (χ2v) is 9.03. The van der Waals surface area contributed by atoms with Gasteiger partial charge in [-0.3, -0.25) is 0 Å². The van der Waals surface area contributed by atoms with Crippen molar-refractivity contribution in [3.63, 3.8) is 0 Å². The lowest BCUT2D eigenvalue weighted by Gasteiger charge is -2.09. The van der Waals surface area contributed by atoms with E-state index in [1.165, 1.54) is 22.2 Å². The van der Waals surface area contributed by atoms with Crippen LogP contribution in [0, 0.1) is 13.8 Å². The highest BCUT2D eigenvalue weighted by Gasteiger charge is 2.21. The van der Waals surface area contributed by atoms with E-state index >= 15 is 0 Å². The van der Waals surface area contributed by atoms with E-state index < -0.39 is 0 Å². The largest absolute Gasteiger partial charge is 0.422 e. The molecular weight excluding hydrogens is 376 g/mol. The summed E-state index contributed by atoms with van der Waals surface area (Å²) in [5.74, 6) is 0.682. The van der Waals surface area contributed by atoms with Gasteiger partial charge in [0.1, 0.15) is 21.8 Å². The van der Waals surface area contributed by atoms with Crippen LogP contribution in [0.4, 0.5) is 0 Å². The van der Waals surface area contributed by atoms with Gasteiger partial charge in [-0.05, 0) is 55.4 Å². The summed E-state index contributed by atoms with van der Waals surface area (Å²) in [5, 5.41) is 3.25. The zero-order chi connectivity index (χ0) is 18.5. The number of rotatable bonds is 3. The van der Waals surface area contributed by atoms with Gasteiger partial charge < -0.3 is 4.42 Å². The maximum absolute atomic E-state index is 12.1. The maximum Gasteiger partial charge on any atom is 0.336 e. The Morgan fingerprint density at radius 2 is 2.11 bits per heavy atom. The first-order valence-corrected chi connectivity index (χ1v) is 10.8. The summed E-state index contributed by atoms with van der Waals surface area (Å²) < 4.78 is 5.50. The van der Waals surface area contributed by atoms with E-state index in [-0.39, 0.29) is 5.63 Å². The molecular formula is C21H18N2O2S2.